The summed E-state index contributed by atoms with van der Waals surface area (Å²) in [5.41, 5.74) is 2.11. The molecular formula is C18H29N5O2. The number of rotatable bonds is 7. The van der Waals surface area contributed by atoms with E-state index in [4.69, 9.17) is 0 Å². The molecule has 0 aliphatic carbocycles. The molecule has 3 rings (SSSR count). The Morgan fingerprint density at radius 3 is 2.96 bits per heavy atom. The molecule has 1 N–H and O–H groups in total. The van der Waals surface area contributed by atoms with E-state index in [0.717, 1.165) is 44.7 Å². The Kier molecular flexibility index (Phi) is 6.07. The van der Waals surface area contributed by atoms with E-state index < -0.39 is 0 Å². The molecule has 1 fully saturated rings. The molecule has 7 heteroatoms. The van der Waals surface area contributed by atoms with Crippen LogP contribution in [0.2, 0.25) is 0 Å². The maximum absolute atomic E-state index is 12.1. The molecule has 0 bridgehead atoms. The van der Waals surface area contributed by atoms with E-state index in [-0.39, 0.29) is 18.4 Å². The number of piperidine rings is 1. The summed E-state index contributed by atoms with van der Waals surface area (Å²) < 4.78 is 2.05. The Labute approximate surface area is 149 Å². The van der Waals surface area contributed by atoms with Crippen molar-refractivity contribution in [3.05, 3.63) is 17.5 Å². The van der Waals surface area contributed by atoms with Crippen molar-refractivity contribution in [2.75, 3.05) is 26.2 Å². The first-order valence-corrected chi connectivity index (χ1v) is 9.48. The summed E-state index contributed by atoms with van der Waals surface area (Å²) >= 11 is 0. The lowest BCUT2D eigenvalue weighted by molar-refractivity contribution is -0.137. The number of aromatic nitrogens is 2. The third-order valence-corrected chi connectivity index (χ3v) is 4.98. The fourth-order valence-corrected chi connectivity index (χ4v) is 3.49. The number of carbonyl (C=O) groups is 2. The van der Waals surface area contributed by atoms with E-state index in [9.17, 15) is 9.59 Å². The zero-order chi connectivity index (χ0) is 17.6. The summed E-state index contributed by atoms with van der Waals surface area (Å²) in [7, 11) is 0. The van der Waals surface area contributed by atoms with Crippen molar-refractivity contribution < 1.29 is 9.59 Å². The molecule has 1 saturated heterocycles. The molecule has 7 nitrogen and oxygen atoms in total. The number of nitrogens with one attached hydrogen (secondary N) is 1. The molecule has 3 heterocycles. The van der Waals surface area contributed by atoms with Gasteiger partial charge >= 0.3 is 0 Å². The van der Waals surface area contributed by atoms with Crippen LogP contribution >= 0.6 is 0 Å². The van der Waals surface area contributed by atoms with Gasteiger partial charge in [0.05, 0.1) is 31.0 Å². The number of hydrogen-bond acceptors (Lipinski definition) is 4. The van der Waals surface area contributed by atoms with Crippen molar-refractivity contribution in [1.29, 1.82) is 0 Å². The highest BCUT2D eigenvalue weighted by Gasteiger charge is 2.21. The van der Waals surface area contributed by atoms with Gasteiger partial charge in [-0.05, 0) is 31.9 Å². The second-order valence-corrected chi connectivity index (χ2v) is 7.03. The van der Waals surface area contributed by atoms with Crippen molar-refractivity contribution in [2.45, 2.75) is 58.7 Å². The molecule has 0 aromatic carbocycles. The van der Waals surface area contributed by atoms with Crippen molar-refractivity contribution in [1.82, 2.24) is 24.9 Å². The Morgan fingerprint density at radius 2 is 2.16 bits per heavy atom. The average Bonchev–Trinajstić information content (AvgIpc) is 3.02. The minimum atomic E-state index is -0.106. The van der Waals surface area contributed by atoms with Gasteiger partial charge in [-0.2, -0.15) is 5.10 Å². The fraction of sp³-hybridized carbons (Fsp3) is 0.722. The van der Waals surface area contributed by atoms with Gasteiger partial charge in [0.25, 0.3) is 0 Å². The van der Waals surface area contributed by atoms with Crippen LogP contribution in [0.15, 0.2) is 6.07 Å². The van der Waals surface area contributed by atoms with Crippen LogP contribution in [0.3, 0.4) is 0 Å². The fourth-order valence-electron chi connectivity index (χ4n) is 3.49. The quantitative estimate of drug-likeness (QED) is 0.803. The first-order valence-electron chi connectivity index (χ1n) is 9.48. The van der Waals surface area contributed by atoms with Gasteiger partial charge < -0.3 is 10.2 Å². The van der Waals surface area contributed by atoms with Gasteiger partial charge in [0.2, 0.25) is 11.8 Å². The maximum Gasteiger partial charge on any atom is 0.239 e. The Hall–Kier alpha value is -1.89. The monoisotopic (exact) mass is 347 g/mol. The third-order valence-electron chi connectivity index (χ3n) is 4.98. The second kappa shape index (κ2) is 8.47. The highest BCUT2D eigenvalue weighted by molar-refractivity contribution is 5.85. The summed E-state index contributed by atoms with van der Waals surface area (Å²) in [6, 6.07) is 2.09. The van der Waals surface area contributed by atoms with Gasteiger partial charge in [-0.15, -0.1) is 0 Å². The van der Waals surface area contributed by atoms with E-state index in [2.05, 4.69) is 33.0 Å². The SMILES string of the molecule is CCCCN1CCn2nc(CNC(=O)CN3CCCCC3=O)cc2C1. The predicted molar refractivity (Wildman–Crippen MR) is 94.7 cm³/mol. The van der Waals surface area contributed by atoms with Crippen LogP contribution in [0, 0.1) is 0 Å². The average molecular weight is 347 g/mol. The molecule has 0 unspecified atom stereocenters. The van der Waals surface area contributed by atoms with Crippen LogP contribution in [0.5, 0.6) is 0 Å². The first-order chi connectivity index (χ1) is 12.2. The summed E-state index contributed by atoms with van der Waals surface area (Å²) in [5, 5.41) is 7.49. The molecule has 0 atom stereocenters. The van der Waals surface area contributed by atoms with Crippen molar-refractivity contribution in [3.8, 4) is 0 Å². The second-order valence-electron chi connectivity index (χ2n) is 7.03. The number of carbonyl (C=O) groups excluding carboxylic acids is 2. The number of unbranched alkanes of at least 4 members (excludes halogenated alkanes) is 1. The molecular weight excluding hydrogens is 318 g/mol. The Balaban J connectivity index is 1.47. The molecule has 25 heavy (non-hydrogen) atoms. The van der Waals surface area contributed by atoms with Crippen molar-refractivity contribution in [3.63, 3.8) is 0 Å². The summed E-state index contributed by atoms with van der Waals surface area (Å²) in [5.74, 6) is -0.0168. The van der Waals surface area contributed by atoms with Crippen LogP contribution in [0.4, 0.5) is 0 Å². The summed E-state index contributed by atoms with van der Waals surface area (Å²) in [4.78, 5) is 28.0. The minimum absolute atomic E-state index is 0.0889. The lowest BCUT2D eigenvalue weighted by Crippen LogP contribution is -2.42. The number of hydrogen-bond donors (Lipinski definition) is 1. The molecule has 0 radical (unpaired) electrons. The van der Waals surface area contributed by atoms with E-state index in [1.807, 2.05) is 0 Å². The van der Waals surface area contributed by atoms with E-state index >= 15 is 0 Å². The highest BCUT2D eigenvalue weighted by Crippen LogP contribution is 2.14. The van der Waals surface area contributed by atoms with Gasteiger partial charge in [0, 0.05) is 26.1 Å². The van der Waals surface area contributed by atoms with Gasteiger partial charge in [0.15, 0.2) is 0 Å². The normalized spacial score (nSPS) is 18.3. The molecule has 2 aliphatic heterocycles. The van der Waals surface area contributed by atoms with Gasteiger partial charge in [-0.3, -0.25) is 19.2 Å². The maximum atomic E-state index is 12.1. The lowest BCUT2D eigenvalue weighted by Gasteiger charge is -2.27. The zero-order valence-electron chi connectivity index (χ0n) is 15.2. The van der Waals surface area contributed by atoms with Gasteiger partial charge in [0.1, 0.15) is 0 Å². The molecule has 138 valence electrons. The predicted octanol–water partition coefficient (Wildman–Crippen LogP) is 1.13. The van der Waals surface area contributed by atoms with Crippen molar-refractivity contribution >= 4 is 11.8 Å². The van der Waals surface area contributed by atoms with E-state index in [0.29, 0.717) is 19.5 Å². The Morgan fingerprint density at radius 1 is 1.28 bits per heavy atom. The van der Waals surface area contributed by atoms with Crippen LogP contribution in [-0.4, -0.2) is 57.6 Å². The molecule has 1 aromatic heterocycles. The first kappa shape index (κ1) is 17.9. The van der Waals surface area contributed by atoms with E-state index in [1.165, 1.54) is 18.5 Å². The molecule has 2 aliphatic rings. The van der Waals surface area contributed by atoms with Gasteiger partial charge in [-0.25, -0.2) is 0 Å². The molecule has 0 spiro atoms. The number of fused-ring (bicyclic) bond motifs is 1. The smallest absolute Gasteiger partial charge is 0.239 e. The van der Waals surface area contributed by atoms with Crippen molar-refractivity contribution in [2.24, 2.45) is 0 Å². The van der Waals surface area contributed by atoms with Crippen LogP contribution in [0.25, 0.3) is 0 Å². The minimum Gasteiger partial charge on any atom is -0.349 e. The standard InChI is InChI=1S/C18H29N5O2/c1-2-3-7-21-9-10-23-16(13-21)11-15(20-23)12-19-17(24)14-22-8-5-4-6-18(22)25/h11H,2-10,12-14H2,1H3,(H,19,24). The Bertz CT molecular complexity index is 613. The highest BCUT2D eigenvalue weighted by atomic mass is 16.2. The van der Waals surface area contributed by atoms with Crippen LogP contribution < -0.4 is 5.32 Å². The third kappa shape index (κ3) is 4.81. The van der Waals surface area contributed by atoms with Gasteiger partial charge in [-0.1, -0.05) is 13.3 Å². The summed E-state index contributed by atoms with van der Waals surface area (Å²) in [6.07, 6.45) is 4.93. The summed E-state index contributed by atoms with van der Waals surface area (Å²) in [6.45, 7) is 7.52. The molecule has 2 amide bonds. The van der Waals surface area contributed by atoms with E-state index in [1.54, 1.807) is 4.90 Å². The van der Waals surface area contributed by atoms with Crippen LogP contribution in [-0.2, 0) is 29.2 Å². The number of likely N-dealkylation sites (tertiary alicyclic amines) is 1. The molecule has 0 saturated carbocycles. The van der Waals surface area contributed by atoms with Crippen LogP contribution in [0.1, 0.15) is 50.4 Å². The lowest BCUT2D eigenvalue weighted by atomic mass is 10.1. The number of amides is 2. The largest absolute Gasteiger partial charge is 0.349 e. The number of nitrogens with zero attached hydrogens (tertiary/aromatic N) is 4. The topological polar surface area (TPSA) is 70.5 Å². The molecule has 1 aromatic rings. The zero-order valence-corrected chi connectivity index (χ0v) is 15.2.